The fourth-order valence-corrected chi connectivity index (χ4v) is 2.30. The van der Waals surface area contributed by atoms with Gasteiger partial charge >= 0.3 is 0 Å². The molecule has 4 nitrogen and oxygen atoms in total. The Labute approximate surface area is 110 Å². The lowest BCUT2D eigenvalue weighted by atomic mass is 10.1. The maximum atomic E-state index is 7.60. The fourth-order valence-electron chi connectivity index (χ4n) is 1.48. The number of aryl methyl sites for hydroxylation is 2. The van der Waals surface area contributed by atoms with E-state index in [1.807, 2.05) is 32.0 Å². The van der Waals surface area contributed by atoms with Gasteiger partial charge in [-0.15, -0.1) is 0 Å². The van der Waals surface area contributed by atoms with Gasteiger partial charge in [0.05, 0.1) is 0 Å². The van der Waals surface area contributed by atoms with E-state index in [1.54, 1.807) is 12.4 Å². The van der Waals surface area contributed by atoms with Gasteiger partial charge in [0.2, 0.25) is 0 Å². The molecule has 18 heavy (non-hydrogen) atoms. The number of nitrogens with zero attached hydrogens (tertiary/aromatic N) is 2. The molecule has 0 saturated carbocycles. The minimum atomic E-state index is 0.0633. The molecular formula is C13H14N4S. The second kappa shape index (κ2) is 5.18. The predicted molar refractivity (Wildman–Crippen MR) is 73.1 cm³/mol. The Morgan fingerprint density at radius 2 is 1.83 bits per heavy atom. The number of amidine groups is 1. The van der Waals surface area contributed by atoms with Crippen LogP contribution in [0.5, 0.6) is 0 Å². The van der Waals surface area contributed by atoms with Crippen molar-refractivity contribution in [2.24, 2.45) is 5.73 Å². The van der Waals surface area contributed by atoms with Gasteiger partial charge in [-0.3, -0.25) is 5.41 Å². The molecule has 0 amide bonds. The monoisotopic (exact) mass is 258 g/mol. The van der Waals surface area contributed by atoms with Crippen molar-refractivity contribution in [2.75, 3.05) is 0 Å². The highest BCUT2D eigenvalue weighted by Crippen LogP contribution is 2.28. The molecule has 0 unspecified atom stereocenters. The Kier molecular flexibility index (Phi) is 3.62. The van der Waals surface area contributed by atoms with E-state index in [0.717, 1.165) is 21.6 Å². The molecule has 1 aromatic heterocycles. The van der Waals surface area contributed by atoms with Crippen molar-refractivity contribution < 1.29 is 0 Å². The molecule has 92 valence electrons. The third kappa shape index (κ3) is 2.87. The lowest BCUT2D eigenvalue weighted by Crippen LogP contribution is -2.12. The van der Waals surface area contributed by atoms with E-state index in [9.17, 15) is 0 Å². The van der Waals surface area contributed by atoms with Gasteiger partial charge in [0.1, 0.15) is 5.84 Å². The van der Waals surface area contributed by atoms with Crippen LogP contribution in [0.2, 0.25) is 0 Å². The molecule has 3 N–H and O–H groups in total. The summed E-state index contributed by atoms with van der Waals surface area (Å²) < 4.78 is 0. The maximum Gasteiger partial charge on any atom is 0.192 e. The molecule has 0 spiro atoms. The van der Waals surface area contributed by atoms with Gasteiger partial charge in [-0.2, -0.15) is 0 Å². The number of hydrogen-bond donors (Lipinski definition) is 2. The van der Waals surface area contributed by atoms with E-state index >= 15 is 0 Å². The van der Waals surface area contributed by atoms with Crippen LogP contribution in [0.1, 0.15) is 16.7 Å². The number of nitrogens with two attached hydrogens (primary N) is 1. The number of nitrogens with one attached hydrogen (secondary N) is 1. The van der Waals surface area contributed by atoms with Crippen molar-refractivity contribution in [3.8, 4) is 0 Å². The molecule has 0 bridgehead atoms. The molecule has 0 aliphatic carbocycles. The van der Waals surface area contributed by atoms with E-state index < -0.39 is 0 Å². The zero-order valence-corrected chi connectivity index (χ0v) is 11.1. The quantitative estimate of drug-likeness (QED) is 0.504. The predicted octanol–water partition coefficient (Wildman–Crippen LogP) is 2.53. The minimum absolute atomic E-state index is 0.0633. The molecule has 0 fully saturated rings. The summed E-state index contributed by atoms with van der Waals surface area (Å²) in [5, 5.41) is 8.26. The van der Waals surface area contributed by atoms with Crippen LogP contribution in [0.3, 0.4) is 0 Å². The minimum Gasteiger partial charge on any atom is -0.384 e. The lowest BCUT2D eigenvalue weighted by Gasteiger charge is -2.08. The number of rotatable bonds is 3. The summed E-state index contributed by atoms with van der Waals surface area (Å²) in [6, 6.07) is 5.84. The summed E-state index contributed by atoms with van der Waals surface area (Å²) in [6.07, 6.45) is 3.55. The SMILES string of the molecule is Cc1cnc(Sc2ccc(C)cc2C(=N)N)nc1. The van der Waals surface area contributed by atoms with Crippen molar-refractivity contribution in [1.82, 2.24) is 9.97 Å². The molecule has 0 atom stereocenters. The first kappa shape index (κ1) is 12.6. The van der Waals surface area contributed by atoms with Crippen LogP contribution in [-0.2, 0) is 0 Å². The summed E-state index contributed by atoms with van der Waals surface area (Å²) in [5.74, 6) is 0.0633. The number of aromatic nitrogens is 2. The molecule has 2 aromatic rings. The van der Waals surface area contributed by atoms with E-state index in [-0.39, 0.29) is 5.84 Å². The van der Waals surface area contributed by atoms with Crippen molar-refractivity contribution in [3.05, 3.63) is 47.3 Å². The molecule has 0 radical (unpaired) electrons. The maximum absolute atomic E-state index is 7.60. The zero-order valence-electron chi connectivity index (χ0n) is 10.3. The number of nitrogen functional groups attached to an aromatic ring is 1. The van der Waals surface area contributed by atoms with Gasteiger partial charge < -0.3 is 5.73 Å². The topological polar surface area (TPSA) is 75.7 Å². The average Bonchev–Trinajstić information content (AvgIpc) is 2.34. The molecule has 5 heteroatoms. The summed E-state index contributed by atoms with van der Waals surface area (Å²) in [5.41, 5.74) is 8.42. The van der Waals surface area contributed by atoms with Crippen LogP contribution in [0, 0.1) is 19.3 Å². The van der Waals surface area contributed by atoms with Crippen LogP contribution in [-0.4, -0.2) is 15.8 Å². The smallest absolute Gasteiger partial charge is 0.192 e. The molecule has 1 heterocycles. The largest absolute Gasteiger partial charge is 0.384 e. The van der Waals surface area contributed by atoms with E-state index in [0.29, 0.717) is 5.16 Å². The first-order chi connectivity index (χ1) is 8.56. The zero-order chi connectivity index (χ0) is 13.1. The summed E-state index contributed by atoms with van der Waals surface area (Å²) in [6.45, 7) is 3.92. The van der Waals surface area contributed by atoms with Crippen molar-refractivity contribution in [1.29, 1.82) is 5.41 Å². The average molecular weight is 258 g/mol. The Bertz CT molecular complexity index is 578. The molecule has 1 aromatic carbocycles. The van der Waals surface area contributed by atoms with Crippen LogP contribution in [0.4, 0.5) is 0 Å². The molecule has 0 saturated heterocycles. The molecule has 0 aliphatic rings. The van der Waals surface area contributed by atoms with Gasteiger partial charge in [0.25, 0.3) is 0 Å². The molecular weight excluding hydrogens is 244 g/mol. The first-order valence-electron chi connectivity index (χ1n) is 5.48. The second-order valence-electron chi connectivity index (χ2n) is 4.06. The van der Waals surface area contributed by atoms with E-state index in [4.69, 9.17) is 11.1 Å². The Balaban J connectivity index is 2.34. The summed E-state index contributed by atoms with van der Waals surface area (Å²) in [4.78, 5) is 9.37. The highest BCUT2D eigenvalue weighted by atomic mass is 32.2. The summed E-state index contributed by atoms with van der Waals surface area (Å²) in [7, 11) is 0. The van der Waals surface area contributed by atoms with Gasteiger partial charge in [-0.1, -0.05) is 11.6 Å². The Hall–Kier alpha value is -1.88. The highest BCUT2D eigenvalue weighted by molar-refractivity contribution is 7.99. The van der Waals surface area contributed by atoms with E-state index in [2.05, 4.69) is 9.97 Å². The fraction of sp³-hybridized carbons (Fsp3) is 0.154. The third-order valence-corrected chi connectivity index (χ3v) is 3.35. The van der Waals surface area contributed by atoms with Gasteiger partial charge in [-0.25, -0.2) is 9.97 Å². The van der Waals surface area contributed by atoms with Crippen molar-refractivity contribution >= 4 is 17.6 Å². The van der Waals surface area contributed by atoms with Crippen LogP contribution in [0.15, 0.2) is 40.6 Å². The first-order valence-corrected chi connectivity index (χ1v) is 6.29. The van der Waals surface area contributed by atoms with Crippen LogP contribution in [0.25, 0.3) is 0 Å². The van der Waals surface area contributed by atoms with Gasteiger partial charge in [0.15, 0.2) is 5.16 Å². The van der Waals surface area contributed by atoms with Crippen molar-refractivity contribution in [3.63, 3.8) is 0 Å². The molecule has 2 rings (SSSR count). The summed E-state index contributed by atoms with van der Waals surface area (Å²) >= 11 is 1.42. The number of hydrogen-bond acceptors (Lipinski definition) is 4. The standard InChI is InChI=1S/C13H14N4S/c1-8-3-4-11(10(5-8)12(14)15)18-13-16-6-9(2)7-17-13/h3-7H,1-2H3,(H3,14,15). The van der Waals surface area contributed by atoms with Crippen LogP contribution >= 0.6 is 11.8 Å². The molecule has 0 aliphatic heterocycles. The lowest BCUT2D eigenvalue weighted by molar-refractivity contribution is 0.949. The third-order valence-electron chi connectivity index (χ3n) is 2.38. The van der Waals surface area contributed by atoms with Crippen LogP contribution < -0.4 is 5.73 Å². The Morgan fingerprint density at radius 3 is 2.44 bits per heavy atom. The Morgan fingerprint density at radius 1 is 1.17 bits per heavy atom. The second-order valence-corrected chi connectivity index (χ2v) is 5.07. The van der Waals surface area contributed by atoms with E-state index in [1.165, 1.54) is 11.8 Å². The highest BCUT2D eigenvalue weighted by Gasteiger charge is 2.08. The van der Waals surface area contributed by atoms with Crippen molar-refractivity contribution in [2.45, 2.75) is 23.9 Å². The normalized spacial score (nSPS) is 10.3. The van der Waals surface area contributed by atoms with Gasteiger partial charge in [0, 0.05) is 22.9 Å². The number of benzene rings is 1. The van der Waals surface area contributed by atoms with Gasteiger partial charge in [-0.05, 0) is 43.3 Å².